The topological polar surface area (TPSA) is 47.1 Å². The predicted octanol–water partition coefficient (Wildman–Crippen LogP) is 2.84. The lowest BCUT2D eigenvalue weighted by atomic mass is 10.1. The second-order valence-electron chi connectivity index (χ2n) is 5.98. The van der Waals surface area contributed by atoms with Crippen molar-refractivity contribution >= 4 is 11.0 Å². The Morgan fingerprint density at radius 1 is 1.24 bits per heavy atom. The molecular formula is C17H28N4. The molecule has 0 aliphatic carbocycles. The Hall–Kier alpha value is -1.39. The molecule has 0 amide bonds. The molecule has 2 rings (SSSR count). The van der Waals surface area contributed by atoms with Gasteiger partial charge in [0.15, 0.2) is 0 Å². The molecule has 0 fully saturated rings. The largest absolute Gasteiger partial charge is 0.329 e. The Kier molecular flexibility index (Phi) is 5.37. The summed E-state index contributed by atoms with van der Waals surface area (Å²) in [5.74, 6) is 1.12. The number of rotatable bonds is 7. The molecule has 1 aromatic carbocycles. The summed E-state index contributed by atoms with van der Waals surface area (Å²) in [5, 5.41) is 0. The Morgan fingerprint density at radius 3 is 2.62 bits per heavy atom. The molecule has 2 aromatic rings. The molecule has 4 heteroatoms. The summed E-state index contributed by atoms with van der Waals surface area (Å²) < 4.78 is 2.28. The van der Waals surface area contributed by atoms with Gasteiger partial charge in [-0.1, -0.05) is 13.3 Å². The normalized spacial score (nSPS) is 11.7. The highest BCUT2D eigenvalue weighted by Gasteiger charge is 2.13. The van der Waals surface area contributed by atoms with Crippen molar-refractivity contribution in [2.24, 2.45) is 5.73 Å². The first kappa shape index (κ1) is 16.0. The van der Waals surface area contributed by atoms with Gasteiger partial charge in [-0.3, -0.25) is 4.90 Å². The van der Waals surface area contributed by atoms with Crippen LogP contribution in [0.25, 0.3) is 11.0 Å². The van der Waals surface area contributed by atoms with Crippen LogP contribution in [0.15, 0.2) is 12.1 Å². The first-order valence-electron chi connectivity index (χ1n) is 7.91. The molecule has 2 N–H and O–H groups in total. The molecule has 0 atom stereocenters. The third-order valence-corrected chi connectivity index (χ3v) is 4.10. The van der Waals surface area contributed by atoms with Gasteiger partial charge in [-0.2, -0.15) is 0 Å². The maximum absolute atomic E-state index is 5.80. The molecule has 21 heavy (non-hydrogen) atoms. The van der Waals surface area contributed by atoms with Gasteiger partial charge in [0.2, 0.25) is 0 Å². The summed E-state index contributed by atoms with van der Waals surface area (Å²) in [4.78, 5) is 7.19. The molecule has 0 radical (unpaired) electrons. The van der Waals surface area contributed by atoms with Crippen LogP contribution in [0.5, 0.6) is 0 Å². The van der Waals surface area contributed by atoms with Crippen LogP contribution in [0.3, 0.4) is 0 Å². The lowest BCUT2D eigenvalue weighted by Crippen LogP contribution is -2.22. The van der Waals surface area contributed by atoms with Crippen molar-refractivity contribution in [3.63, 3.8) is 0 Å². The highest BCUT2D eigenvalue weighted by atomic mass is 15.2. The summed E-state index contributed by atoms with van der Waals surface area (Å²) in [5.41, 5.74) is 10.7. The minimum absolute atomic E-state index is 0.643. The fraction of sp³-hybridized carbons (Fsp3) is 0.588. The molecule has 4 nitrogen and oxygen atoms in total. The molecule has 1 aromatic heterocycles. The van der Waals surface area contributed by atoms with Gasteiger partial charge in [0, 0.05) is 13.1 Å². The van der Waals surface area contributed by atoms with E-state index in [1.54, 1.807) is 0 Å². The Balaban J connectivity index is 2.35. The summed E-state index contributed by atoms with van der Waals surface area (Å²) in [7, 11) is 2.16. The van der Waals surface area contributed by atoms with Gasteiger partial charge >= 0.3 is 0 Å². The fourth-order valence-electron chi connectivity index (χ4n) is 2.68. The average Bonchev–Trinajstić information content (AvgIpc) is 2.75. The molecule has 0 saturated heterocycles. The number of benzene rings is 1. The molecule has 0 unspecified atom stereocenters. The summed E-state index contributed by atoms with van der Waals surface area (Å²) in [6, 6.07) is 4.43. The number of fused-ring (bicyclic) bond motifs is 1. The van der Waals surface area contributed by atoms with Crippen LogP contribution in [-0.4, -0.2) is 34.6 Å². The number of unbranched alkanes of at least 4 members (excludes halogenated alkanes) is 1. The maximum Gasteiger partial charge on any atom is 0.124 e. The number of aromatic nitrogens is 2. The van der Waals surface area contributed by atoms with Gasteiger partial charge in [0.05, 0.1) is 17.6 Å². The van der Waals surface area contributed by atoms with Crippen molar-refractivity contribution in [2.75, 3.05) is 20.1 Å². The van der Waals surface area contributed by atoms with Gasteiger partial charge < -0.3 is 10.3 Å². The van der Waals surface area contributed by atoms with Crippen molar-refractivity contribution < 1.29 is 0 Å². The minimum atomic E-state index is 0.643. The maximum atomic E-state index is 5.80. The summed E-state index contributed by atoms with van der Waals surface area (Å²) in [6.45, 7) is 9.99. The SMILES string of the molecule is CCCCN(C)Cc1nc2cc(C)c(C)cc2n1CCN. The number of nitrogens with two attached hydrogens (primary N) is 1. The Labute approximate surface area is 128 Å². The van der Waals surface area contributed by atoms with Crippen LogP contribution in [0, 0.1) is 13.8 Å². The lowest BCUT2D eigenvalue weighted by Gasteiger charge is -2.17. The van der Waals surface area contributed by atoms with Crippen molar-refractivity contribution in [1.29, 1.82) is 0 Å². The van der Waals surface area contributed by atoms with E-state index in [9.17, 15) is 0 Å². The zero-order valence-electron chi connectivity index (χ0n) is 13.8. The van der Waals surface area contributed by atoms with Crippen LogP contribution in [-0.2, 0) is 13.1 Å². The van der Waals surface area contributed by atoms with Gasteiger partial charge in [0.1, 0.15) is 5.82 Å². The Morgan fingerprint density at radius 2 is 1.95 bits per heavy atom. The number of imidazole rings is 1. The van der Waals surface area contributed by atoms with Crippen LogP contribution in [0.4, 0.5) is 0 Å². The molecular weight excluding hydrogens is 260 g/mol. The quantitative estimate of drug-likeness (QED) is 0.852. The van der Waals surface area contributed by atoms with Gasteiger partial charge in [-0.25, -0.2) is 4.98 Å². The average molecular weight is 288 g/mol. The van der Waals surface area contributed by atoms with Crippen molar-refractivity contribution in [3.8, 4) is 0 Å². The molecule has 0 aliphatic rings. The molecule has 0 spiro atoms. The fourth-order valence-corrected chi connectivity index (χ4v) is 2.68. The first-order valence-corrected chi connectivity index (χ1v) is 7.91. The van der Waals surface area contributed by atoms with E-state index in [0.717, 1.165) is 31.0 Å². The molecule has 0 saturated carbocycles. The van der Waals surface area contributed by atoms with Crippen molar-refractivity contribution in [2.45, 2.75) is 46.7 Å². The second kappa shape index (κ2) is 7.05. The van der Waals surface area contributed by atoms with Gasteiger partial charge in [-0.05, 0) is 57.1 Å². The van der Waals surface area contributed by atoms with Crippen LogP contribution < -0.4 is 5.73 Å². The standard InChI is InChI=1S/C17H28N4/c1-5-6-8-20(4)12-17-19-15-10-13(2)14(3)11-16(15)21(17)9-7-18/h10-11H,5-9,12,18H2,1-4H3. The van der Waals surface area contributed by atoms with E-state index in [-0.39, 0.29) is 0 Å². The highest BCUT2D eigenvalue weighted by molar-refractivity contribution is 5.78. The molecule has 1 heterocycles. The number of aryl methyl sites for hydroxylation is 2. The Bertz CT molecular complexity index is 600. The van der Waals surface area contributed by atoms with Crippen LogP contribution in [0.1, 0.15) is 36.7 Å². The van der Waals surface area contributed by atoms with E-state index in [1.807, 2.05) is 0 Å². The molecule has 0 bridgehead atoms. The van der Waals surface area contributed by atoms with E-state index < -0.39 is 0 Å². The van der Waals surface area contributed by atoms with Crippen LogP contribution >= 0.6 is 0 Å². The molecule has 0 aliphatic heterocycles. The zero-order valence-corrected chi connectivity index (χ0v) is 13.8. The summed E-state index contributed by atoms with van der Waals surface area (Å²) in [6.07, 6.45) is 2.45. The third-order valence-electron chi connectivity index (χ3n) is 4.10. The van der Waals surface area contributed by atoms with E-state index in [0.29, 0.717) is 6.54 Å². The van der Waals surface area contributed by atoms with Crippen molar-refractivity contribution in [3.05, 3.63) is 29.1 Å². The van der Waals surface area contributed by atoms with E-state index >= 15 is 0 Å². The first-order chi connectivity index (χ1) is 10.1. The number of hydrogen-bond acceptors (Lipinski definition) is 3. The second-order valence-corrected chi connectivity index (χ2v) is 5.98. The van der Waals surface area contributed by atoms with Crippen LogP contribution in [0.2, 0.25) is 0 Å². The van der Waals surface area contributed by atoms with E-state index in [2.05, 4.69) is 49.4 Å². The number of nitrogens with zero attached hydrogens (tertiary/aromatic N) is 3. The summed E-state index contributed by atoms with van der Waals surface area (Å²) >= 11 is 0. The van der Waals surface area contributed by atoms with E-state index in [4.69, 9.17) is 10.7 Å². The van der Waals surface area contributed by atoms with E-state index in [1.165, 1.54) is 29.5 Å². The minimum Gasteiger partial charge on any atom is -0.329 e. The van der Waals surface area contributed by atoms with Gasteiger partial charge in [0.25, 0.3) is 0 Å². The zero-order chi connectivity index (χ0) is 15.4. The number of hydrogen-bond donors (Lipinski definition) is 1. The monoisotopic (exact) mass is 288 g/mol. The highest BCUT2D eigenvalue weighted by Crippen LogP contribution is 2.21. The lowest BCUT2D eigenvalue weighted by molar-refractivity contribution is 0.308. The smallest absolute Gasteiger partial charge is 0.124 e. The predicted molar refractivity (Wildman–Crippen MR) is 89.5 cm³/mol. The van der Waals surface area contributed by atoms with Gasteiger partial charge in [-0.15, -0.1) is 0 Å². The van der Waals surface area contributed by atoms with Crippen molar-refractivity contribution in [1.82, 2.24) is 14.5 Å². The molecule has 116 valence electrons. The third kappa shape index (κ3) is 3.63.